The lowest BCUT2D eigenvalue weighted by Crippen LogP contribution is -2.53. The number of nitrogens with two attached hydrogens (primary N) is 2. The SMILES string of the molecule is COc1ccc(COC(=O)[C@@]2(C)CCC[C@H]2C(=O)N2CCc3c(Cl)ccc(OC/C(N)=C(\C(F)F)N(C)N)c3C2N2CCCC2=O)c(OC)c1. The van der Waals surface area contributed by atoms with Crippen molar-refractivity contribution < 1.29 is 42.1 Å². The maximum Gasteiger partial charge on any atom is 0.312 e. The summed E-state index contributed by atoms with van der Waals surface area (Å²) in [5.41, 5.74) is 5.80. The smallest absolute Gasteiger partial charge is 0.312 e. The highest BCUT2D eigenvalue weighted by atomic mass is 35.5. The van der Waals surface area contributed by atoms with E-state index in [4.69, 9.17) is 42.1 Å². The molecule has 50 heavy (non-hydrogen) atoms. The van der Waals surface area contributed by atoms with Gasteiger partial charge in [0.05, 0.1) is 31.2 Å². The molecule has 3 aliphatic rings. The molecule has 2 aliphatic heterocycles. The van der Waals surface area contributed by atoms with E-state index in [2.05, 4.69) is 0 Å². The van der Waals surface area contributed by atoms with E-state index in [0.29, 0.717) is 78.3 Å². The van der Waals surface area contributed by atoms with Gasteiger partial charge in [0, 0.05) is 48.8 Å². The highest BCUT2D eigenvalue weighted by Crippen LogP contribution is 2.49. The summed E-state index contributed by atoms with van der Waals surface area (Å²) >= 11 is 6.69. The van der Waals surface area contributed by atoms with Crippen LogP contribution in [-0.2, 0) is 32.1 Å². The lowest BCUT2D eigenvalue weighted by molar-refractivity contribution is -0.166. The van der Waals surface area contributed by atoms with Gasteiger partial charge in [-0.1, -0.05) is 18.0 Å². The number of allylic oxidation sites excluding steroid dienone is 1. The fourth-order valence-corrected chi connectivity index (χ4v) is 7.57. The predicted octanol–water partition coefficient (Wildman–Crippen LogP) is 4.53. The number of benzene rings is 2. The number of likely N-dealkylation sites (tertiary alicyclic amines) is 1. The minimum atomic E-state index is -2.94. The first-order valence-corrected chi connectivity index (χ1v) is 16.9. The number of carbonyl (C=O) groups is 3. The van der Waals surface area contributed by atoms with Gasteiger partial charge in [0.25, 0.3) is 6.43 Å². The van der Waals surface area contributed by atoms with Crippen LogP contribution in [-0.4, -0.2) is 80.0 Å². The molecule has 0 radical (unpaired) electrons. The molecule has 5 rings (SSSR count). The minimum Gasteiger partial charge on any atom is -0.497 e. The van der Waals surface area contributed by atoms with Gasteiger partial charge >= 0.3 is 5.97 Å². The number of hydrogen-bond donors (Lipinski definition) is 2. The zero-order valence-electron chi connectivity index (χ0n) is 28.7. The number of rotatable bonds is 12. The van der Waals surface area contributed by atoms with E-state index in [1.165, 1.54) is 14.2 Å². The molecular formula is C35H44ClF2N5O7. The Balaban J connectivity index is 1.45. The monoisotopic (exact) mass is 719 g/mol. The first kappa shape index (κ1) is 37.0. The van der Waals surface area contributed by atoms with Crippen LogP contribution < -0.4 is 25.8 Å². The van der Waals surface area contributed by atoms with Crippen molar-refractivity contribution in [2.75, 3.05) is 41.0 Å². The Morgan fingerprint density at radius 2 is 1.86 bits per heavy atom. The number of fused-ring (bicyclic) bond motifs is 1. The standard InChI is InChI=1S/C35H44ClF2N5O7/c1-35(34(46)50-18-20-9-10-21(47-3)17-27(20)48-4)14-5-7-23(35)33(45)43-16-13-22-24(36)11-12-26(29(22)32(43)42-15-6-8-28(42)44)49-19-25(39)30(31(37)38)41(2)40/h9-12,17,23,31-32H,5-8,13-16,18-19,39-40H2,1-4H3/b30-25-/t23-,32?,35-/m0/s1. The number of methoxy groups -OCH3 is 2. The molecule has 2 amide bonds. The summed E-state index contributed by atoms with van der Waals surface area (Å²) < 4.78 is 50.0. The van der Waals surface area contributed by atoms with E-state index in [-0.39, 0.29) is 36.4 Å². The topological polar surface area (TPSA) is 150 Å². The van der Waals surface area contributed by atoms with Gasteiger partial charge in [-0.05, 0) is 62.4 Å². The summed E-state index contributed by atoms with van der Waals surface area (Å²) in [6.45, 7) is 1.86. The number of halogens is 3. The molecule has 1 unspecified atom stereocenters. The van der Waals surface area contributed by atoms with Gasteiger partial charge in [-0.2, -0.15) is 0 Å². The zero-order chi connectivity index (χ0) is 36.3. The third-order valence-electron chi connectivity index (χ3n) is 9.98. The molecule has 272 valence electrons. The number of hydrazine groups is 1. The molecule has 12 nitrogen and oxygen atoms in total. The van der Waals surface area contributed by atoms with Gasteiger partial charge in [0.2, 0.25) is 11.8 Å². The Kier molecular flexibility index (Phi) is 11.3. The maximum absolute atomic E-state index is 14.7. The molecule has 4 N–H and O–H groups in total. The van der Waals surface area contributed by atoms with Crippen LogP contribution in [0.1, 0.15) is 61.9 Å². The predicted molar refractivity (Wildman–Crippen MR) is 180 cm³/mol. The zero-order valence-corrected chi connectivity index (χ0v) is 29.4. The van der Waals surface area contributed by atoms with Gasteiger partial charge in [0.1, 0.15) is 42.3 Å². The van der Waals surface area contributed by atoms with Crippen LogP contribution in [0, 0.1) is 11.3 Å². The van der Waals surface area contributed by atoms with Crippen molar-refractivity contribution in [2.45, 2.75) is 64.6 Å². The van der Waals surface area contributed by atoms with Crippen LogP contribution in [0.25, 0.3) is 0 Å². The van der Waals surface area contributed by atoms with Crippen LogP contribution in [0.15, 0.2) is 41.7 Å². The molecular weight excluding hydrogens is 676 g/mol. The second-order valence-electron chi connectivity index (χ2n) is 13.0. The number of carbonyl (C=O) groups excluding carboxylic acids is 3. The molecule has 1 aliphatic carbocycles. The summed E-state index contributed by atoms with van der Waals surface area (Å²) in [5, 5.41) is 1.15. The van der Waals surface area contributed by atoms with Crippen LogP contribution in [0.3, 0.4) is 0 Å². The molecule has 0 bridgehead atoms. The fraction of sp³-hybridized carbons (Fsp3) is 0.514. The Morgan fingerprint density at radius 1 is 1.10 bits per heavy atom. The molecule has 2 aromatic rings. The molecule has 2 aromatic carbocycles. The molecule has 15 heteroatoms. The third-order valence-corrected chi connectivity index (χ3v) is 10.3. The highest BCUT2D eigenvalue weighted by Gasteiger charge is 2.53. The number of esters is 1. The number of alkyl halides is 2. The summed E-state index contributed by atoms with van der Waals surface area (Å²) in [7, 11) is 4.31. The third kappa shape index (κ3) is 7.13. The first-order valence-electron chi connectivity index (χ1n) is 16.5. The van der Waals surface area contributed by atoms with Gasteiger partial charge in [-0.3, -0.25) is 14.4 Å². The molecule has 2 heterocycles. The fourth-order valence-electron chi connectivity index (χ4n) is 7.31. The van der Waals surface area contributed by atoms with E-state index in [0.717, 1.165) is 5.01 Å². The van der Waals surface area contributed by atoms with E-state index in [1.54, 1.807) is 54.2 Å². The van der Waals surface area contributed by atoms with Crippen LogP contribution in [0.2, 0.25) is 5.02 Å². The highest BCUT2D eigenvalue weighted by molar-refractivity contribution is 6.31. The van der Waals surface area contributed by atoms with Gasteiger partial charge in [0.15, 0.2) is 0 Å². The summed E-state index contributed by atoms with van der Waals surface area (Å²) in [4.78, 5) is 45.1. The Bertz CT molecular complexity index is 1650. The van der Waals surface area contributed by atoms with E-state index in [1.807, 2.05) is 0 Å². The number of amides is 2. The average molecular weight is 720 g/mol. The first-order chi connectivity index (χ1) is 23.8. The number of nitrogens with zero attached hydrogens (tertiary/aromatic N) is 3. The van der Waals surface area contributed by atoms with Gasteiger partial charge in [-0.25, -0.2) is 14.6 Å². The summed E-state index contributed by atoms with van der Waals surface area (Å²) in [6.07, 6.45) is -1.13. The lowest BCUT2D eigenvalue weighted by Gasteiger charge is -2.45. The largest absolute Gasteiger partial charge is 0.497 e. The summed E-state index contributed by atoms with van der Waals surface area (Å²) in [5.74, 6) is 5.24. The average Bonchev–Trinajstić information content (AvgIpc) is 3.71. The number of ether oxygens (including phenoxy) is 4. The van der Waals surface area contributed by atoms with Crippen molar-refractivity contribution >= 4 is 29.4 Å². The second kappa shape index (κ2) is 15.3. The molecule has 0 aromatic heterocycles. The van der Waals surface area contributed by atoms with Crippen molar-refractivity contribution in [3.05, 3.63) is 63.4 Å². The lowest BCUT2D eigenvalue weighted by atomic mass is 9.78. The van der Waals surface area contributed by atoms with Gasteiger partial charge < -0.3 is 39.5 Å². The molecule has 1 saturated carbocycles. The molecule has 0 spiro atoms. The number of hydrogen-bond acceptors (Lipinski definition) is 10. The minimum absolute atomic E-state index is 0.0610. The van der Waals surface area contributed by atoms with Crippen molar-refractivity contribution in [1.29, 1.82) is 0 Å². The Hall–Kier alpha value is -4.30. The van der Waals surface area contributed by atoms with Crippen LogP contribution in [0.5, 0.6) is 17.2 Å². The molecule has 2 fully saturated rings. The second-order valence-corrected chi connectivity index (χ2v) is 13.4. The van der Waals surface area contributed by atoms with E-state index in [9.17, 15) is 23.2 Å². The van der Waals surface area contributed by atoms with E-state index < -0.39 is 42.2 Å². The quantitative estimate of drug-likeness (QED) is 0.182. The molecule has 1 saturated heterocycles. The maximum atomic E-state index is 14.7. The summed E-state index contributed by atoms with van der Waals surface area (Å²) in [6, 6.07) is 8.40. The van der Waals surface area contributed by atoms with Crippen molar-refractivity contribution in [2.24, 2.45) is 22.9 Å². The normalized spacial score (nSPS) is 22.3. The van der Waals surface area contributed by atoms with Crippen molar-refractivity contribution in [1.82, 2.24) is 14.8 Å². The Labute approximate surface area is 295 Å². The van der Waals surface area contributed by atoms with E-state index >= 15 is 0 Å². The van der Waals surface area contributed by atoms with Crippen molar-refractivity contribution in [3.63, 3.8) is 0 Å². The van der Waals surface area contributed by atoms with Crippen LogP contribution >= 0.6 is 11.6 Å². The van der Waals surface area contributed by atoms with Crippen LogP contribution in [0.4, 0.5) is 8.78 Å². The molecule has 3 atom stereocenters. The van der Waals surface area contributed by atoms with Gasteiger partial charge in [-0.15, -0.1) is 0 Å². The Morgan fingerprint density at radius 3 is 2.50 bits per heavy atom. The van der Waals surface area contributed by atoms with Crippen molar-refractivity contribution in [3.8, 4) is 17.2 Å².